The van der Waals surface area contributed by atoms with Crippen LogP contribution in [-0.4, -0.2) is 58.2 Å². The predicted octanol–water partition coefficient (Wildman–Crippen LogP) is 3.50. The normalized spacial score (nSPS) is 22.4. The minimum absolute atomic E-state index is 0.0515. The summed E-state index contributed by atoms with van der Waals surface area (Å²) in [4.78, 5) is 46.1. The Morgan fingerprint density at radius 1 is 1.08 bits per heavy atom. The van der Waals surface area contributed by atoms with Crippen molar-refractivity contribution in [2.75, 3.05) is 19.7 Å². The Hall–Kier alpha value is -3.56. The predicted molar refractivity (Wildman–Crippen MR) is 142 cm³/mol. The van der Waals surface area contributed by atoms with E-state index in [9.17, 15) is 14.4 Å². The number of hydrogen-bond acceptors (Lipinski definition) is 7. The number of likely N-dealkylation sites (tertiary alicyclic amines) is 1. The van der Waals surface area contributed by atoms with Crippen molar-refractivity contribution in [1.82, 2.24) is 20.1 Å². The summed E-state index contributed by atoms with van der Waals surface area (Å²) in [6.45, 7) is 3.73. The molecule has 2 fully saturated rings. The number of carbonyl (C=O) groups is 3. The maximum Gasteiger partial charge on any atom is 0.255 e. The van der Waals surface area contributed by atoms with Crippen LogP contribution in [0.3, 0.4) is 0 Å². The van der Waals surface area contributed by atoms with Crippen molar-refractivity contribution in [3.8, 4) is 17.0 Å². The molecule has 8 nitrogen and oxygen atoms in total. The minimum Gasteiger partial charge on any atom is -0.492 e. The number of benzene rings is 2. The summed E-state index contributed by atoms with van der Waals surface area (Å²) >= 11 is 1.71. The molecular formula is C29H28N4O4S. The van der Waals surface area contributed by atoms with Crippen LogP contribution in [0.25, 0.3) is 11.3 Å². The van der Waals surface area contributed by atoms with Gasteiger partial charge in [0.15, 0.2) is 0 Å². The molecule has 38 heavy (non-hydrogen) atoms. The number of nitrogens with zero attached hydrogens (tertiary/aromatic N) is 3. The zero-order valence-electron chi connectivity index (χ0n) is 20.9. The van der Waals surface area contributed by atoms with Gasteiger partial charge in [-0.2, -0.15) is 0 Å². The number of rotatable bonds is 4. The fourth-order valence-electron chi connectivity index (χ4n) is 6.35. The Bertz CT molecular complexity index is 1440. The zero-order valence-corrected chi connectivity index (χ0v) is 21.8. The standard InChI is InChI=1S/C29H28N4O4S/c34-24-9-8-23(27(35)31-24)33-14-20-19(28(33)36)6-7-21-26(20)37-17-29(21)10-12-32(13-11-29)15-25-30-22(16-38-25)18-4-2-1-3-5-18/h1-7,16,23H,8-15,17H2,(H,31,34,35). The average Bonchev–Trinajstić information content (AvgIpc) is 3.63. The zero-order chi connectivity index (χ0) is 25.9. The van der Waals surface area contributed by atoms with E-state index in [1.54, 1.807) is 16.2 Å². The number of carbonyl (C=O) groups excluding carboxylic acids is 3. The lowest BCUT2D eigenvalue weighted by molar-refractivity contribution is -0.136. The monoisotopic (exact) mass is 528 g/mol. The Labute approximate surface area is 224 Å². The van der Waals surface area contributed by atoms with Crippen LogP contribution in [0, 0.1) is 0 Å². The van der Waals surface area contributed by atoms with Gasteiger partial charge in [0, 0.05) is 39.5 Å². The van der Waals surface area contributed by atoms with E-state index in [0.717, 1.165) is 60.1 Å². The van der Waals surface area contributed by atoms with E-state index in [1.807, 2.05) is 24.3 Å². The third-order valence-electron chi connectivity index (χ3n) is 8.52. The van der Waals surface area contributed by atoms with Crippen molar-refractivity contribution in [2.45, 2.75) is 50.2 Å². The first-order valence-corrected chi connectivity index (χ1v) is 14.0. The summed E-state index contributed by atoms with van der Waals surface area (Å²) in [5.74, 6) is 0.000791. The lowest BCUT2D eigenvalue weighted by atomic mass is 9.74. The maximum atomic E-state index is 13.2. The maximum absolute atomic E-state index is 13.2. The molecule has 4 aliphatic heterocycles. The Balaban J connectivity index is 1.05. The van der Waals surface area contributed by atoms with Gasteiger partial charge < -0.3 is 9.64 Å². The fraction of sp³-hybridized carbons (Fsp3) is 0.379. The molecule has 1 spiro atoms. The van der Waals surface area contributed by atoms with Crippen LogP contribution in [0.1, 0.15) is 52.2 Å². The van der Waals surface area contributed by atoms with Gasteiger partial charge in [-0.3, -0.25) is 24.6 Å². The second-order valence-electron chi connectivity index (χ2n) is 10.7. The highest BCUT2D eigenvalue weighted by molar-refractivity contribution is 7.09. The number of ether oxygens (including phenoxy) is 1. The van der Waals surface area contributed by atoms with Gasteiger partial charge in [-0.15, -0.1) is 11.3 Å². The summed E-state index contributed by atoms with van der Waals surface area (Å²) in [6.07, 6.45) is 2.58. The summed E-state index contributed by atoms with van der Waals surface area (Å²) < 4.78 is 6.31. The third kappa shape index (κ3) is 3.84. The number of imide groups is 1. The van der Waals surface area contributed by atoms with Crippen LogP contribution >= 0.6 is 11.3 Å². The number of fused-ring (bicyclic) bond motifs is 4. The van der Waals surface area contributed by atoms with Gasteiger partial charge in [-0.05, 0) is 38.4 Å². The van der Waals surface area contributed by atoms with Gasteiger partial charge in [-0.1, -0.05) is 36.4 Å². The lowest BCUT2D eigenvalue weighted by Crippen LogP contribution is -2.52. The van der Waals surface area contributed by atoms with Crippen molar-refractivity contribution in [3.63, 3.8) is 0 Å². The van der Waals surface area contributed by atoms with Crippen molar-refractivity contribution in [2.24, 2.45) is 0 Å². The molecule has 9 heteroatoms. The number of thiazole rings is 1. The number of hydrogen-bond donors (Lipinski definition) is 1. The molecule has 1 N–H and O–H groups in total. The highest BCUT2D eigenvalue weighted by Crippen LogP contribution is 2.49. The van der Waals surface area contributed by atoms with E-state index in [4.69, 9.17) is 9.72 Å². The number of amides is 3. The Morgan fingerprint density at radius 3 is 2.68 bits per heavy atom. The van der Waals surface area contributed by atoms with E-state index in [2.05, 4.69) is 33.8 Å². The molecule has 2 saturated heterocycles. The van der Waals surface area contributed by atoms with E-state index >= 15 is 0 Å². The van der Waals surface area contributed by atoms with Crippen LogP contribution in [0.5, 0.6) is 5.75 Å². The van der Waals surface area contributed by atoms with Crippen LogP contribution in [0.4, 0.5) is 0 Å². The fourth-order valence-corrected chi connectivity index (χ4v) is 7.20. The van der Waals surface area contributed by atoms with Gasteiger partial charge in [0.1, 0.15) is 16.8 Å². The molecule has 5 heterocycles. The molecule has 0 aliphatic carbocycles. The second kappa shape index (κ2) is 9.03. The van der Waals surface area contributed by atoms with Gasteiger partial charge in [0.05, 0.1) is 25.4 Å². The Kier molecular flexibility index (Phi) is 5.59. The second-order valence-corrected chi connectivity index (χ2v) is 11.6. The molecule has 4 aliphatic rings. The molecule has 194 valence electrons. The summed E-state index contributed by atoms with van der Waals surface area (Å²) in [7, 11) is 0. The SMILES string of the molecule is O=C1CCC(N2Cc3c(ccc4c3OCC43CCN(Cc4nc(-c5ccccc5)cs4)CC3)C2=O)C(=O)N1. The highest BCUT2D eigenvalue weighted by atomic mass is 32.1. The number of nitrogens with one attached hydrogen (secondary N) is 1. The van der Waals surface area contributed by atoms with Crippen molar-refractivity contribution in [1.29, 1.82) is 0 Å². The first-order chi connectivity index (χ1) is 18.5. The van der Waals surface area contributed by atoms with Crippen molar-refractivity contribution >= 4 is 29.1 Å². The molecule has 0 radical (unpaired) electrons. The summed E-state index contributed by atoms with van der Waals surface area (Å²) in [6, 6.07) is 13.6. The summed E-state index contributed by atoms with van der Waals surface area (Å²) in [5.41, 5.74) is 4.81. The summed E-state index contributed by atoms with van der Waals surface area (Å²) in [5, 5.41) is 5.64. The van der Waals surface area contributed by atoms with E-state index in [1.165, 1.54) is 5.56 Å². The highest BCUT2D eigenvalue weighted by Gasteiger charge is 2.47. The smallest absolute Gasteiger partial charge is 0.255 e. The van der Waals surface area contributed by atoms with Gasteiger partial charge in [-0.25, -0.2) is 4.98 Å². The molecule has 0 saturated carbocycles. The van der Waals surface area contributed by atoms with Gasteiger partial charge >= 0.3 is 0 Å². The molecule has 1 aromatic heterocycles. The number of piperidine rings is 2. The molecule has 1 unspecified atom stereocenters. The molecule has 1 atom stereocenters. The molecule has 3 amide bonds. The lowest BCUT2D eigenvalue weighted by Gasteiger charge is -2.38. The Morgan fingerprint density at radius 2 is 1.89 bits per heavy atom. The van der Waals surface area contributed by atoms with Crippen LogP contribution in [0.2, 0.25) is 0 Å². The van der Waals surface area contributed by atoms with Crippen LogP contribution in [0.15, 0.2) is 47.8 Å². The van der Waals surface area contributed by atoms with Crippen molar-refractivity contribution < 1.29 is 19.1 Å². The first kappa shape index (κ1) is 23.5. The first-order valence-electron chi connectivity index (χ1n) is 13.2. The average molecular weight is 529 g/mol. The molecular weight excluding hydrogens is 500 g/mol. The molecule has 0 bridgehead atoms. The van der Waals surface area contributed by atoms with Crippen molar-refractivity contribution in [3.05, 3.63) is 69.5 Å². The topological polar surface area (TPSA) is 91.8 Å². The van der Waals surface area contributed by atoms with E-state index < -0.39 is 6.04 Å². The number of aromatic nitrogens is 1. The van der Waals surface area contributed by atoms with Gasteiger partial charge in [0.25, 0.3) is 5.91 Å². The quantitative estimate of drug-likeness (QED) is 0.522. The third-order valence-corrected chi connectivity index (χ3v) is 9.36. The molecule has 7 rings (SSSR count). The molecule has 3 aromatic rings. The van der Waals surface area contributed by atoms with E-state index in [0.29, 0.717) is 25.1 Å². The van der Waals surface area contributed by atoms with Crippen LogP contribution in [-0.2, 0) is 28.1 Å². The van der Waals surface area contributed by atoms with Crippen LogP contribution < -0.4 is 10.1 Å². The largest absolute Gasteiger partial charge is 0.492 e. The minimum atomic E-state index is -0.616. The van der Waals surface area contributed by atoms with E-state index in [-0.39, 0.29) is 29.6 Å². The van der Waals surface area contributed by atoms with Gasteiger partial charge in [0.2, 0.25) is 11.8 Å². The molecule has 2 aromatic carbocycles.